The zero-order valence-electron chi connectivity index (χ0n) is 9.24. The van der Waals surface area contributed by atoms with E-state index in [-0.39, 0.29) is 24.4 Å². The number of hydrogen-bond acceptors (Lipinski definition) is 4. The summed E-state index contributed by atoms with van der Waals surface area (Å²) >= 11 is 0. The van der Waals surface area contributed by atoms with Crippen LogP contribution < -0.4 is 0 Å². The van der Waals surface area contributed by atoms with Gasteiger partial charge in [-0.25, -0.2) is 4.79 Å². The van der Waals surface area contributed by atoms with E-state index < -0.39 is 5.97 Å². The summed E-state index contributed by atoms with van der Waals surface area (Å²) in [5.74, 6) is -0.542. The van der Waals surface area contributed by atoms with Crippen LogP contribution in [0, 0.1) is 11.3 Å². The Morgan fingerprint density at radius 1 is 1.67 bits per heavy atom. The topological polar surface area (TPSA) is 59.3 Å². The summed E-state index contributed by atoms with van der Waals surface area (Å²) in [6, 6.07) is 1.90. The summed E-state index contributed by atoms with van der Waals surface area (Å²) in [4.78, 5) is 11.5. The molecule has 0 bridgehead atoms. The minimum atomic E-state index is -0.542. The van der Waals surface area contributed by atoms with Crippen LogP contribution in [0.5, 0.6) is 0 Å². The molecule has 0 amide bonds. The quantitative estimate of drug-likeness (QED) is 0.393. The summed E-state index contributed by atoms with van der Waals surface area (Å²) in [6.07, 6.45) is 0.523. The van der Waals surface area contributed by atoms with Crippen molar-refractivity contribution >= 4 is 5.97 Å². The van der Waals surface area contributed by atoms with Crippen molar-refractivity contribution in [3.05, 3.63) is 11.1 Å². The van der Waals surface area contributed by atoms with Crippen LogP contribution in [-0.4, -0.2) is 24.8 Å². The molecule has 1 fully saturated rings. The molecule has 0 N–H and O–H groups in total. The van der Waals surface area contributed by atoms with E-state index in [1.54, 1.807) is 6.92 Å². The van der Waals surface area contributed by atoms with Gasteiger partial charge in [0.1, 0.15) is 11.6 Å². The molecule has 4 heteroatoms. The molecule has 82 valence electrons. The SMILES string of the molecule is CCOC(=O)/C(C#N)=C1/CC(C)OC1C. The molecule has 0 saturated carbocycles. The first-order chi connectivity index (χ1) is 7.10. The van der Waals surface area contributed by atoms with Gasteiger partial charge in [0, 0.05) is 0 Å². The first-order valence-corrected chi connectivity index (χ1v) is 5.05. The fourth-order valence-electron chi connectivity index (χ4n) is 1.71. The van der Waals surface area contributed by atoms with Gasteiger partial charge < -0.3 is 9.47 Å². The Bertz CT molecular complexity index is 327. The van der Waals surface area contributed by atoms with Crippen molar-refractivity contribution in [2.45, 2.75) is 39.4 Å². The van der Waals surface area contributed by atoms with Crippen molar-refractivity contribution in [3.63, 3.8) is 0 Å². The molecule has 0 aromatic carbocycles. The van der Waals surface area contributed by atoms with Crippen LogP contribution >= 0.6 is 0 Å². The zero-order chi connectivity index (χ0) is 11.4. The lowest BCUT2D eigenvalue weighted by molar-refractivity contribution is -0.138. The molecule has 1 heterocycles. The van der Waals surface area contributed by atoms with Crippen LogP contribution in [0.3, 0.4) is 0 Å². The van der Waals surface area contributed by atoms with Crippen molar-refractivity contribution in [2.24, 2.45) is 0 Å². The second-order valence-corrected chi connectivity index (χ2v) is 3.53. The largest absolute Gasteiger partial charge is 0.462 e. The van der Waals surface area contributed by atoms with Gasteiger partial charge in [-0.3, -0.25) is 0 Å². The molecule has 0 spiro atoms. The lowest BCUT2D eigenvalue weighted by Gasteiger charge is -2.06. The Balaban J connectivity index is 2.94. The van der Waals surface area contributed by atoms with Gasteiger partial charge in [-0.2, -0.15) is 5.26 Å². The molecule has 0 aliphatic carbocycles. The van der Waals surface area contributed by atoms with Crippen LogP contribution in [0.25, 0.3) is 0 Å². The highest BCUT2D eigenvalue weighted by molar-refractivity contribution is 5.93. The standard InChI is InChI=1S/C11H15NO3/c1-4-14-11(13)10(6-12)9-5-7(2)15-8(9)3/h7-8H,4-5H2,1-3H3/b10-9-. The Kier molecular flexibility index (Phi) is 3.87. The number of carbonyl (C=O) groups is 1. The fraction of sp³-hybridized carbons (Fsp3) is 0.636. The van der Waals surface area contributed by atoms with Crippen molar-refractivity contribution in [1.29, 1.82) is 5.26 Å². The Morgan fingerprint density at radius 2 is 2.33 bits per heavy atom. The van der Waals surface area contributed by atoms with E-state index in [1.165, 1.54) is 0 Å². The molecule has 1 rings (SSSR count). The van der Waals surface area contributed by atoms with Gasteiger partial charge in [0.25, 0.3) is 0 Å². The molecule has 1 aliphatic rings. The number of esters is 1. The third kappa shape index (κ3) is 2.57. The number of hydrogen-bond donors (Lipinski definition) is 0. The van der Waals surface area contributed by atoms with Gasteiger partial charge in [0.05, 0.1) is 18.8 Å². The molecule has 1 saturated heterocycles. The number of ether oxygens (including phenoxy) is 2. The molecular formula is C11H15NO3. The van der Waals surface area contributed by atoms with E-state index in [9.17, 15) is 4.79 Å². The molecule has 15 heavy (non-hydrogen) atoms. The van der Waals surface area contributed by atoms with E-state index in [0.717, 1.165) is 5.57 Å². The fourth-order valence-corrected chi connectivity index (χ4v) is 1.71. The molecule has 0 aromatic rings. The van der Waals surface area contributed by atoms with E-state index in [2.05, 4.69) is 0 Å². The summed E-state index contributed by atoms with van der Waals surface area (Å²) in [7, 11) is 0. The number of carbonyl (C=O) groups excluding carboxylic acids is 1. The lowest BCUT2D eigenvalue weighted by Crippen LogP contribution is -2.12. The third-order valence-corrected chi connectivity index (χ3v) is 2.35. The highest BCUT2D eigenvalue weighted by Crippen LogP contribution is 2.28. The minimum absolute atomic E-state index is 0.0628. The Labute approximate surface area is 89.5 Å². The van der Waals surface area contributed by atoms with Gasteiger partial charge in [0.2, 0.25) is 0 Å². The molecule has 0 radical (unpaired) electrons. The highest BCUT2D eigenvalue weighted by Gasteiger charge is 2.29. The smallest absolute Gasteiger partial charge is 0.348 e. The van der Waals surface area contributed by atoms with Gasteiger partial charge in [0.15, 0.2) is 0 Å². The molecule has 4 nitrogen and oxygen atoms in total. The first-order valence-electron chi connectivity index (χ1n) is 5.05. The third-order valence-electron chi connectivity index (χ3n) is 2.35. The van der Waals surface area contributed by atoms with Gasteiger partial charge >= 0.3 is 5.97 Å². The van der Waals surface area contributed by atoms with E-state index in [4.69, 9.17) is 14.7 Å². The zero-order valence-corrected chi connectivity index (χ0v) is 9.24. The normalized spacial score (nSPS) is 28.4. The van der Waals surface area contributed by atoms with E-state index in [1.807, 2.05) is 19.9 Å². The predicted octanol–water partition coefficient (Wildman–Crippen LogP) is 1.57. The second-order valence-electron chi connectivity index (χ2n) is 3.53. The maximum atomic E-state index is 11.5. The van der Waals surface area contributed by atoms with Crippen LogP contribution in [0.1, 0.15) is 27.2 Å². The van der Waals surface area contributed by atoms with Crippen molar-refractivity contribution in [3.8, 4) is 6.07 Å². The van der Waals surface area contributed by atoms with Crippen LogP contribution in [0.15, 0.2) is 11.1 Å². The average molecular weight is 209 g/mol. The molecule has 2 unspecified atom stereocenters. The number of nitriles is 1. The maximum Gasteiger partial charge on any atom is 0.348 e. The summed E-state index contributed by atoms with van der Waals surface area (Å²) < 4.78 is 10.3. The van der Waals surface area contributed by atoms with Crippen molar-refractivity contribution < 1.29 is 14.3 Å². The second kappa shape index (κ2) is 4.94. The molecule has 2 atom stereocenters. The average Bonchev–Trinajstić information content (AvgIpc) is 2.47. The van der Waals surface area contributed by atoms with Crippen molar-refractivity contribution in [2.75, 3.05) is 6.61 Å². The van der Waals surface area contributed by atoms with Gasteiger partial charge in [-0.1, -0.05) is 0 Å². The van der Waals surface area contributed by atoms with Gasteiger partial charge in [-0.15, -0.1) is 0 Å². The summed E-state index contributed by atoms with van der Waals surface area (Å²) in [5, 5.41) is 8.92. The molecule has 0 aromatic heterocycles. The first kappa shape index (κ1) is 11.7. The van der Waals surface area contributed by atoms with E-state index >= 15 is 0 Å². The Hall–Kier alpha value is -1.34. The monoisotopic (exact) mass is 209 g/mol. The minimum Gasteiger partial charge on any atom is -0.462 e. The van der Waals surface area contributed by atoms with Crippen LogP contribution in [-0.2, 0) is 14.3 Å². The Morgan fingerprint density at radius 3 is 2.73 bits per heavy atom. The number of rotatable bonds is 2. The molecular weight excluding hydrogens is 194 g/mol. The van der Waals surface area contributed by atoms with E-state index in [0.29, 0.717) is 6.42 Å². The maximum absolute atomic E-state index is 11.5. The number of nitrogens with zero attached hydrogens (tertiary/aromatic N) is 1. The lowest BCUT2D eigenvalue weighted by atomic mass is 10.0. The highest BCUT2D eigenvalue weighted by atomic mass is 16.5. The molecule has 1 aliphatic heterocycles. The summed E-state index contributed by atoms with van der Waals surface area (Å²) in [6.45, 7) is 5.76. The van der Waals surface area contributed by atoms with Gasteiger partial charge in [-0.05, 0) is 32.8 Å². The predicted molar refractivity (Wildman–Crippen MR) is 53.9 cm³/mol. The van der Waals surface area contributed by atoms with Crippen LogP contribution in [0.2, 0.25) is 0 Å². The summed E-state index contributed by atoms with van der Waals surface area (Å²) in [5.41, 5.74) is 0.858. The van der Waals surface area contributed by atoms with Crippen molar-refractivity contribution in [1.82, 2.24) is 0 Å². The van der Waals surface area contributed by atoms with Crippen LogP contribution in [0.4, 0.5) is 0 Å².